The Hall–Kier alpha value is -3.27. The van der Waals surface area contributed by atoms with E-state index in [2.05, 4.69) is 5.32 Å². The number of rotatable bonds is 6. The van der Waals surface area contributed by atoms with Crippen molar-refractivity contribution in [3.8, 4) is 5.75 Å². The van der Waals surface area contributed by atoms with Gasteiger partial charge in [-0.1, -0.05) is 12.1 Å². The molecule has 1 aliphatic heterocycles. The second kappa shape index (κ2) is 9.25. The van der Waals surface area contributed by atoms with Crippen LogP contribution in [0.4, 0.5) is 18.0 Å². The van der Waals surface area contributed by atoms with Crippen molar-refractivity contribution in [1.82, 2.24) is 10.2 Å². The Morgan fingerprint density at radius 3 is 2.32 bits per heavy atom. The number of alkyl halides is 3. The number of imide groups is 1. The third-order valence-corrected chi connectivity index (χ3v) is 5.29. The molecular formula is C21H17F3N2O4S. The van der Waals surface area contributed by atoms with Gasteiger partial charge in [-0.3, -0.25) is 19.3 Å². The van der Waals surface area contributed by atoms with Gasteiger partial charge in [-0.05, 0) is 59.8 Å². The zero-order valence-electron chi connectivity index (χ0n) is 16.2. The van der Waals surface area contributed by atoms with E-state index in [1.165, 1.54) is 7.11 Å². The molecule has 10 heteroatoms. The number of hydrogen-bond acceptors (Lipinski definition) is 5. The molecule has 2 aromatic rings. The van der Waals surface area contributed by atoms with Gasteiger partial charge in [-0.15, -0.1) is 0 Å². The molecule has 2 aromatic carbocycles. The van der Waals surface area contributed by atoms with Crippen LogP contribution in [0, 0.1) is 0 Å². The van der Waals surface area contributed by atoms with Crippen molar-refractivity contribution in [2.75, 3.05) is 20.2 Å². The zero-order valence-corrected chi connectivity index (χ0v) is 17.0. The predicted octanol–water partition coefficient (Wildman–Crippen LogP) is 4.18. The molecule has 0 bridgehead atoms. The van der Waals surface area contributed by atoms with Gasteiger partial charge in [-0.25, -0.2) is 0 Å². The fourth-order valence-electron chi connectivity index (χ4n) is 2.74. The molecular weight excluding hydrogens is 433 g/mol. The highest BCUT2D eigenvalue weighted by atomic mass is 32.2. The lowest BCUT2D eigenvalue weighted by Gasteiger charge is -2.13. The zero-order chi connectivity index (χ0) is 22.6. The number of nitrogens with zero attached hydrogens (tertiary/aromatic N) is 1. The highest BCUT2D eigenvalue weighted by Crippen LogP contribution is 2.32. The summed E-state index contributed by atoms with van der Waals surface area (Å²) in [6.07, 6.45) is -2.90. The van der Waals surface area contributed by atoms with Crippen LogP contribution in [0.15, 0.2) is 53.4 Å². The number of nitrogens with one attached hydrogen (secondary N) is 1. The summed E-state index contributed by atoms with van der Waals surface area (Å²) in [5.74, 6) is -0.418. The molecule has 1 heterocycles. The summed E-state index contributed by atoms with van der Waals surface area (Å²) in [5, 5.41) is 2.03. The second-order valence-electron chi connectivity index (χ2n) is 6.44. The summed E-state index contributed by atoms with van der Waals surface area (Å²) in [5.41, 5.74) is -0.0889. The summed E-state index contributed by atoms with van der Waals surface area (Å²) in [6.45, 7) is -0.0926. The Morgan fingerprint density at radius 2 is 1.74 bits per heavy atom. The first kappa shape index (κ1) is 22.4. The lowest BCUT2D eigenvalue weighted by molar-refractivity contribution is -0.137. The maximum Gasteiger partial charge on any atom is 0.416 e. The van der Waals surface area contributed by atoms with E-state index < -0.39 is 28.8 Å². The maximum atomic E-state index is 12.6. The van der Waals surface area contributed by atoms with Gasteiger partial charge in [0.25, 0.3) is 17.1 Å². The summed E-state index contributed by atoms with van der Waals surface area (Å²) in [7, 11) is 1.54. The lowest BCUT2D eigenvalue weighted by atomic mass is 10.1. The smallest absolute Gasteiger partial charge is 0.416 e. The number of benzene rings is 2. The van der Waals surface area contributed by atoms with Gasteiger partial charge < -0.3 is 10.1 Å². The highest BCUT2D eigenvalue weighted by molar-refractivity contribution is 8.18. The maximum absolute atomic E-state index is 12.6. The molecule has 0 atom stereocenters. The molecule has 0 spiro atoms. The minimum absolute atomic E-state index is 0.0340. The topological polar surface area (TPSA) is 75.7 Å². The molecule has 162 valence electrons. The van der Waals surface area contributed by atoms with Crippen molar-refractivity contribution >= 4 is 34.9 Å². The molecule has 0 aromatic heterocycles. The van der Waals surface area contributed by atoms with Gasteiger partial charge in [0.1, 0.15) is 5.75 Å². The van der Waals surface area contributed by atoms with E-state index in [1.54, 1.807) is 30.3 Å². The number of ether oxygens (including phenoxy) is 1. The number of amides is 3. The molecule has 1 N–H and O–H groups in total. The highest BCUT2D eigenvalue weighted by Gasteiger charge is 2.34. The summed E-state index contributed by atoms with van der Waals surface area (Å²) < 4.78 is 42.8. The third kappa shape index (κ3) is 5.46. The van der Waals surface area contributed by atoms with Gasteiger partial charge >= 0.3 is 6.18 Å². The van der Waals surface area contributed by atoms with Crippen LogP contribution in [0.3, 0.4) is 0 Å². The van der Waals surface area contributed by atoms with Gasteiger partial charge in [0.2, 0.25) is 0 Å². The SMILES string of the molecule is COc1ccc(C=C2SC(=O)N(CCNC(=O)c3ccc(C(F)(F)F)cc3)C2=O)cc1. The minimum atomic E-state index is -4.49. The quantitative estimate of drug-likeness (QED) is 0.669. The van der Waals surface area contributed by atoms with Crippen molar-refractivity contribution in [3.05, 3.63) is 70.1 Å². The molecule has 3 rings (SSSR count). The molecule has 3 amide bonds. The van der Waals surface area contributed by atoms with Crippen LogP contribution in [0.2, 0.25) is 0 Å². The van der Waals surface area contributed by atoms with Crippen molar-refractivity contribution in [2.24, 2.45) is 0 Å². The van der Waals surface area contributed by atoms with Crippen LogP contribution < -0.4 is 10.1 Å². The molecule has 1 aliphatic rings. The first-order valence-electron chi connectivity index (χ1n) is 9.04. The van der Waals surface area contributed by atoms with E-state index in [0.717, 1.165) is 46.5 Å². The van der Waals surface area contributed by atoms with Crippen LogP contribution in [0.1, 0.15) is 21.5 Å². The van der Waals surface area contributed by atoms with Gasteiger partial charge in [0.15, 0.2) is 0 Å². The fourth-order valence-corrected chi connectivity index (χ4v) is 3.60. The Bertz CT molecular complexity index is 1020. The minimum Gasteiger partial charge on any atom is -0.497 e. The third-order valence-electron chi connectivity index (χ3n) is 4.38. The monoisotopic (exact) mass is 450 g/mol. The van der Waals surface area contributed by atoms with E-state index in [0.29, 0.717) is 5.75 Å². The number of carbonyl (C=O) groups excluding carboxylic acids is 3. The van der Waals surface area contributed by atoms with Gasteiger partial charge in [0.05, 0.1) is 17.6 Å². The van der Waals surface area contributed by atoms with Crippen LogP contribution in [-0.4, -0.2) is 42.2 Å². The Kier molecular flexibility index (Phi) is 6.69. The largest absolute Gasteiger partial charge is 0.497 e. The van der Waals surface area contributed by atoms with E-state index in [9.17, 15) is 27.6 Å². The number of carbonyl (C=O) groups is 3. The Balaban J connectivity index is 1.56. The fraction of sp³-hybridized carbons (Fsp3) is 0.190. The first-order valence-corrected chi connectivity index (χ1v) is 9.85. The van der Waals surface area contributed by atoms with Gasteiger partial charge in [0, 0.05) is 18.7 Å². The summed E-state index contributed by atoms with van der Waals surface area (Å²) >= 11 is 0.794. The van der Waals surface area contributed by atoms with Crippen LogP contribution in [-0.2, 0) is 11.0 Å². The molecule has 6 nitrogen and oxygen atoms in total. The van der Waals surface area contributed by atoms with Crippen molar-refractivity contribution in [3.63, 3.8) is 0 Å². The van der Waals surface area contributed by atoms with E-state index in [-0.39, 0.29) is 23.6 Å². The van der Waals surface area contributed by atoms with Gasteiger partial charge in [-0.2, -0.15) is 13.2 Å². The molecule has 0 unspecified atom stereocenters. The number of methoxy groups -OCH3 is 1. The van der Waals surface area contributed by atoms with E-state index in [1.807, 2.05) is 0 Å². The normalized spacial score (nSPS) is 15.5. The van der Waals surface area contributed by atoms with Crippen molar-refractivity contribution in [2.45, 2.75) is 6.18 Å². The second-order valence-corrected chi connectivity index (χ2v) is 7.43. The van der Waals surface area contributed by atoms with Crippen molar-refractivity contribution in [1.29, 1.82) is 0 Å². The molecule has 1 saturated heterocycles. The molecule has 1 fully saturated rings. The number of halogens is 3. The average molecular weight is 450 g/mol. The predicted molar refractivity (Wildman–Crippen MR) is 109 cm³/mol. The van der Waals surface area contributed by atoms with Crippen molar-refractivity contribution < 1.29 is 32.3 Å². The molecule has 0 radical (unpaired) electrons. The van der Waals surface area contributed by atoms with E-state index >= 15 is 0 Å². The molecule has 0 aliphatic carbocycles. The Labute approximate surface area is 180 Å². The first-order chi connectivity index (χ1) is 14.7. The van der Waals surface area contributed by atoms with E-state index in [4.69, 9.17) is 4.74 Å². The standard InChI is InChI=1S/C21H17F3N2O4S/c1-30-16-8-2-13(3-9-16)12-17-19(28)26(20(29)31-17)11-10-25-18(27)14-4-6-15(7-5-14)21(22,23)24/h2-9,12H,10-11H2,1H3,(H,25,27). The molecule has 0 saturated carbocycles. The van der Waals surface area contributed by atoms with Crippen LogP contribution >= 0.6 is 11.8 Å². The Morgan fingerprint density at radius 1 is 1.10 bits per heavy atom. The lowest BCUT2D eigenvalue weighted by Crippen LogP contribution is -2.37. The molecule has 31 heavy (non-hydrogen) atoms. The van der Waals surface area contributed by atoms with Crippen LogP contribution in [0.5, 0.6) is 5.75 Å². The average Bonchev–Trinajstić information content (AvgIpc) is 3.01. The van der Waals surface area contributed by atoms with Crippen LogP contribution in [0.25, 0.3) is 6.08 Å². The summed E-state index contributed by atoms with van der Waals surface area (Å²) in [6, 6.07) is 10.7. The number of hydrogen-bond donors (Lipinski definition) is 1. The summed E-state index contributed by atoms with van der Waals surface area (Å²) in [4.78, 5) is 38.0. The number of thioether (sulfide) groups is 1.